The Kier molecular flexibility index (Phi) is 6.03. The molecule has 0 amide bonds. The van der Waals surface area contributed by atoms with E-state index in [1.54, 1.807) is 18.4 Å². The summed E-state index contributed by atoms with van der Waals surface area (Å²) in [6.45, 7) is 2.92. The maximum Gasteiger partial charge on any atom is 0.306 e. The van der Waals surface area contributed by atoms with Crippen molar-refractivity contribution >= 4 is 17.3 Å². The van der Waals surface area contributed by atoms with Gasteiger partial charge in [0.25, 0.3) is 0 Å². The second-order valence-corrected chi connectivity index (χ2v) is 4.29. The Balaban J connectivity index is 2.20. The molecule has 90 valence electrons. The van der Waals surface area contributed by atoms with Gasteiger partial charge < -0.3 is 9.47 Å². The quantitative estimate of drug-likeness (QED) is 0.544. The number of carbonyl (C=O) groups is 1. The highest BCUT2D eigenvalue weighted by molar-refractivity contribution is 7.09. The molecule has 0 saturated heterocycles. The van der Waals surface area contributed by atoms with Crippen molar-refractivity contribution in [3.8, 4) is 0 Å². The minimum atomic E-state index is -0.192. The Hall–Kier alpha value is -0.940. The Bertz CT molecular complexity index is 325. The molecule has 0 spiro atoms. The van der Waals surface area contributed by atoms with Gasteiger partial charge in [0.05, 0.1) is 10.7 Å². The summed E-state index contributed by atoms with van der Waals surface area (Å²) in [5, 5.41) is 3.01. The van der Waals surface area contributed by atoms with Crippen molar-refractivity contribution in [2.75, 3.05) is 13.7 Å². The van der Waals surface area contributed by atoms with Crippen LogP contribution < -0.4 is 0 Å². The van der Waals surface area contributed by atoms with Crippen LogP contribution in [0.5, 0.6) is 0 Å². The average molecular weight is 243 g/mol. The maximum atomic E-state index is 11.3. The largest absolute Gasteiger partial charge is 0.459 e. The minimum absolute atomic E-state index is 0.192. The lowest BCUT2D eigenvalue weighted by Crippen LogP contribution is -2.06. The molecule has 0 N–H and O–H groups in total. The second kappa shape index (κ2) is 7.35. The van der Waals surface area contributed by atoms with Gasteiger partial charge in [-0.25, -0.2) is 4.98 Å². The molecule has 0 aliphatic rings. The van der Waals surface area contributed by atoms with Crippen LogP contribution in [0.4, 0.5) is 0 Å². The van der Waals surface area contributed by atoms with Gasteiger partial charge in [-0.05, 0) is 12.8 Å². The normalized spacial score (nSPS) is 10.4. The van der Waals surface area contributed by atoms with Crippen molar-refractivity contribution < 1.29 is 14.3 Å². The zero-order chi connectivity index (χ0) is 11.8. The summed E-state index contributed by atoms with van der Waals surface area (Å²) in [5.41, 5.74) is 0.835. The van der Waals surface area contributed by atoms with Crippen LogP contribution in [0.15, 0.2) is 5.38 Å². The van der Waals surface area contributed by atoms with Crippen molar-refractivity contribution in [2.45, 2.75) is 32.8 Å². The first kappa shape index (κ1) is 13.1. The number of carbonyl (C=O) groups excluding carboxylic acids is 1. The van der Waals surface area contributed by atoms with Gasteiger partial charge in [0.15, 0.2) is 0 Å². The number of nitrogens with zero attached hydrogens (tertiary/aromatic N) is 1. The van der Waals surface area contributed by atoms with Crippen LogP contribution >= 0.6 is 11.3 Å². The van der Waals surface area contributed by atoms with E-state index in [1.165, 1.54) is 0 Å². The van der Waals surface area contributed by atoms with Crippen LogP contribution in [0.1, 0.15) is 30.5 Å². The molecule has 0 aliphatic heterocycles. The molecule has 0 radical (unpaired) electrons. The van der Waals surface area contributed by atoms with Gasteiger partial charge >= 0.3 is 5.97 Å². The lowest BCUT2D eigenvalue weighted by Gasteiger charge is -2.02. The standard InChI is InChI=1S/C11H17NO3S/c1-3-10-12-9(8-16-10)7-15-11(13)5-4-6-14-2/h8H,3-7H2,1-2H3. The van der Waals surface area contributed by atoms with Gasteiger partial charge in [-0.1, -0.05) is 6.92 Å². The number of aromatic nitrogens is 1. The molecular formula is C11H17NO3S. The topological polar surface area (TPSA) is 48.4 Å². The van der Waals surface area contributed by atoms with Crippen molar-refractivity contribution in [3.63, 3.8) is 0 Å². The van der Waals surface area contributed by atoms with Gasteiger partial charge in [0, 0.05) is 25.5 Å². The van der Waals surface area contributed by atoms with Gasteiger partial charge in [0.1, 0.15) is 6.61 Å². The summed E-state index contributed by atoms with van der Waals surface area (Å²) < 4.78 is 9.94. The highest BCUT2D eigenvalue weighted by atomic mass is 32.1. The summed E-state index contributed by atoms with van der Waals surface area (Å²) in [5.74, 6) is -0.192. The van der Waals surface area contributed by atoms with Crippen LogP contribution in [0.25, 0.3) is 0 Å². The first-order valence-electron chi connectivity index (χ1n) is 5.34. The van der Waals surface area contributed by atoms with E-state index in [0.717, 1.165) is 17.1 Å². The summed E-state index contributed by atoms with van der Waals surface area (Å²) in [6, 6.07) is 0. The third-order valence-corrected chi connectivity index (χ3v) is 3.05. The van der Waals surface area contributed by atoms with E-state index >= 15 is 0 Å². The molecule has 16 heavy (non-hydrogen) atoms. The van der Waals surface area contributed by atoms with E-state index < -0.39 is 0 Å². The molecule has 1 rings (SSSR count). The summed E-state index contributed by atoms with van der Waals surface area (Å²) in [7, 11) is 1.62. The molecule has 0 saturated carbocycles. The first-order valence-corrected chi connectivity index (χ1v) is 6.22. The van der Waals surface area contributed by atoms with Gasteiger partial charge in [0.2, 0.25) is 0 Å². The summed E-state index contributed by atoms with van der Waals surface area (Å²) in [6.07, 6.45) is 2.03. The molecule has 1 heterocycles. The fourth-order valence-electron chi connectivity index (χ4n) is 1.17. The van der Waals surface area contributed by atoms with E-state index in [1.807, 2.05) is 5.38 Å². The number of aryl methyl sites for hydroxylation is 1. The molecular weight excluding hydrogens is 226 g/mol. The SMILES string of the molecule is CCc1nc(COC(=O)CCCOC)cs1. The molecule has 1 aromatic rings. The number of methoxy groups -OCH3 is 1. The van der Waals surface area contributed by atoms with Gasteiger partial charge in [-0.2, -0.15) is 0 Å². The lowest BCUT2D eigenvalue weighted by atomic mass is 10.3. The Morgan fingerprint density at radius 1 is 1.56 bits per heavy atom. The molecule has 0 aromatic carbocycles. The smallest absolute Gasteiger partial charge is 0.306 e. The van der Waals surface area contributed by atoms with Crippen LogP contribution in [0.2, 0.25) is 0 Å². The Labute approximate surface area is 99.6 Å². The third kappa shape index (κ3) is 4.72. The van der Waals surface area contributed by atoms with Gasteiger partial charge in [-0.15, -0.1) is 11.3 Å². The molecule has 1 aromatic heterocycles. The number of ether oxygens (including phenoxy) is 2. The zero-order valence-electron chi connectivity index (χ0n) is 9.69. The van der Waals surface area contributed by atoms with Crippen LogP contribution in [0, 0.1) is 0 Å². The number of thiazole rings is 1. The van der Waals surface area contributed by atoms with E-state index in [9.17, 15) is 4.79 Å². The number of hydrogen-bond donors (Lipinski definition) is 0. The fourth-order valence-corrected chi connectivity index (χ4v) is 1.89. The van der Waals surface area contributed by atoms with Crippen molar-refractivity contribution in [2.24, 2.45) is 0 Å². The predicted octanol–water partition coefficient (Wildman–Crippen LogP) is 2.18. The number of esters is 1. The molecule has 0 fully saturated rings. The van der Waals surface area contributed by atoms with Crippen LogP contribution in [-0.4, -0.2) is 24.7 Å². The summed E-state index contributed by atoms with van der Waals surface area (Å²) in [4.78, 5) is 15.6. The van der Waals surface area contributed by atoms with Crippen molar-refractivity contribution in [1.82, 2.24) is 4.98 Å². The molecule has 0 atom stereocenters. The molecule has 0 unspecified atom stereocenters. The molecule has 4 nitrogen and oxygen atoms in total. The highest BCUT2D eigenvalue weighted by Crippen LogP contribution is 2.11. The number of rotatable bonds is 7. The predicted molar refractivity (Wildman–Crippen MR) is 62.4 cm³/mol. The van der Waals surface area contributed by atoms with E-state index in [4.69, 9.17) is 9.47 Å². The minimum Gasteiger partial charge on any atom is -0.459 e. The van der Waals surface area contributed by atoms with E-state index in [2.05, 4.69) is 11.9 Å². The Morgan fingerprint density at radius 2 is 2.38 bits per heavy atom. The van der Waals surface area contributed by atoms with Crippen molar-refractivity contribution in [1.29, 1.82) is 0 Å². The summed E-state index contributed by atoms with van der Waals surface area (Å²) >= 11 is 1.60. The number of hydrogen-bond acceptors (Lipinski definition) is 5. The van der Waals surface area contributed by atoms with Gasteiger partial charge in [-0.3, -0.25) is 4.79 Å². The van der Waals surface area contributed by atoms with Crippen LogP contribution in [-0.2, 0) is 27.3 Å². The van der Waals surface area contributed by atoms with E-state index in [-0.39, 0.29) is 12.6 Å². The van der Waals surface area contributed by atoms with Crippen LogP contribution in [0.3, 0.4) is 0 Å². The maximum absolute atomic E-state index is 11.3. The molecule has 0 bridgehead atoms. The zero-order valence-corrected chi connectivity index (χ0v) is 10.5. The Morgan fingerprint density at radius 3 is 3.00 bits per heavy atom. The van der Waals surface area contributed by atoms with Crippen molar-refractivity contribution in [3.05, 3.63) is 16.1 Å². The average Bonchev–Trinajstić information content (AvgIpc) is 2.74. The third-order valence-electron chi connectivity index (χ3n) is 2.01. The van der Waals surface area contributed by atoms with E-state index in [0.29, 0.717) is 19.4 Å². The highest BCUT2D eigenvalue weighted by Gasteiger charge is 2.05. The second-order valence-electron chi connectivity index (χ2n) is 3.34. The fraction of sp³-hybridized carbons (Fsp3) is 0.636. The molecule has 5 heteroatoms. The lowest BCUT2D eigenvalue weighted by molar-refractivity contribution is -0.145. The molecule has 0 aliphatic carbocycles. The monoisotopic (exact) mass is 243 g/mol. The first-order chi connectivity index (χ1) is 7.76.